The fraction of sp³-hybridized carbons (Fsp3) is 0.875. The summed E-state index contributed by atoms with van der Waals surface area (Å²) in [4.78, 5) is 10.8. The van der Waals surface area contributed by atoms with E-state index in [9.17, 15) is 13.2 Å². The molecule has 6 heteroatoms. The van der Waals surface area contributed by atoms with Gasteiger partial charge >= 0.3 is 6.09 Å². The van der Waals surface area contributed by atoms with Crippen molar-refractivity contribution < 1.29 is 17.9 Å². The van der Waals surface area contributed by atoms with Gasteiger partial charge in [0.1, 0.15) is 0 Å². The van der Waals surface area contributed by atoms with E-state index in [0.29, 0.717) is 6.42 Å². The van der Waals surface area contributed by atoms with Gasteiger partial charge in [-0.1, -0.05) is 19.8 Å². The molecule has 1 amide bonds. The molecule has 0 heterocycles. The Morgan fingerprint density at radius 2 is 1.93 bits per heavy atom. The van der Waals surface area contributed by atoms with Gasteiger partial charge in [0, 0.05) is 0 Å². The molecule has 0 bridgehead atoms. The van der Waals surface area contributed by atoms with E-state index in [4.69, 9.17) is 0 Å². The van der Waals surface area contributed by atoms with Crippen molar-refractivity contribution >= 4 is 16.1 Å². The van der Waals surface area contributed by atoms with Crippen LogP contribution in [0.3, 0.4) is 0 Å². The molecule has 0 fully saturated rings. The van der Waals surface area contributed by atoms with E-state index in [1.165, 1.54) is 0 Å². The second-order valence-corrected chi connectivity index (χ2v) is 4.69. The maximum absolute atomic E-state index is 11.2. The topological polar surface area (TPSA) is 72.5 Å². The molecule has 0 unspecified atom stereocenters. The highest BCUT2D eigenvalue weighted by Crippen LogP contribution is 1.97. The third-order valence-corrected chi connectivity index (χ3v) is 2.83. The highest BCUT2D eigenvalue weighted by Gasteiger charge is 2.14. The summed E-state index contributed by atoms with van der Waals surface area (Å²) in [6.45, 7) is 3.75. The van der Waals surface area contributed by atoms with E-state index < -0.39 is 16.1 Å². The molecule has 0 aliphatic carbocycles. The molecule has 0 spiro atoms. The second-order valence-electron chi connectivity index (χ2n) is 2.85. The number of unbranched alkanes of at least 4 members (excludes halogenated alkanes) is 2. The molecular weight excluding hydrogens is 206 g/mol. The number of carbonyl (C=O) groups excluding carboxylic acids is 1. The molecule has 0 aromatic carbocycles. The van der Waals surface area contributed by atoms with Crippen LogP contribution in [-0.2, 0) is 14.8 Å². The fourth-order valence-corrected chi connectivity index (χ4v) is 1.88. The fourth-order valence-electron chi connectivity index (χ4n) is 0.881. The molecule has 0 aliphatic rings. The number of sulfonamides is 1. The predicted octanol–water partition coefficient (Wildman–Crippen LogP) is 1.25. The van der Waals surface area contributed by atoms with Gasteiger partial charge < -0.3 is 4.74 Å². The smallest absolute Gasteiger partial charge is 0.420 e. The first-order valence-electron chi connectivity index (χ1n) is 4.69. The summed E-state index contributed by atoms with van der Waals surface area (Å²) in [6, 6.07) is 0. The van der Waals surface area contributed by atoms with E-state index >= 15 is 0 Å². The Hall–Kier alpha value is -0.780. The summed E-state index contributed by atoms with van der Waals surface area (Å²) >= 11 is 0. The molecule has 1 N–H and O–H groups in total. The van der Waals surface area contributed by atoms with Crippen LogP contribution in [0.2, 0.25) is 0 Å². The van der Waals surface area contributed by atoms with Gasteiger partial charge in [-0.3, -0.25) is 0 Å². The molecule has 14 heavy (non-hydrogen) atoms. The molecule has 0 saturated heterocycles. The molecule has 0 rings (SSSR count). The van der Waals surface area contributed by atoms with Crippen LogP contribution in [-0.4, -0.2) is 26.9 Å². The molecular formula is C8H17NO4S. The van der Waals surface area contributed by atoms with Crippen molar-refractivity contribution in [2.24, 2.45) is 0 Å². The minimum absolute atomic E-state index is 0.0281. The number of nitrogens with one attached hydrogen (secondary N) is 1. The number of amides is 1. The van der Waals surface area contributed by atoms with Crippen LogP contribution in [0.5, 0.6) is 0 Å². The number of hydrogen-bond donors (Lipinski definition) is 1. The van der Waals surface area contributed by atoms with Crippen LogP contribution in [0, 0.1) is 0 Å². The van der Waals surface area contributed by atoms with Gasteiger partial charge in [0.25, 0.3) is 0 Å². The Labute approximate surface area is 84.9 Å². The first-order chi connectivity index (χ1) is 6.52. The Bertz CT molecular complexity index is 261. The standard InChI is InChI=1S/C8H17NO4S/c1-3-5-6-7-14(11,12)9-8(10)13-4-2/h3-7H2,1-2H3,(H,9,10). The summed E-state index contributed by atoms with van der Waals surface area (Å²) in [5.41, 5.74) is 0. The molecule has 0 atom stereocenters. The van der Waals surface area contributed by atoms with Gasteiger partial charge in [0.2, 0.25) is 10.0 Å². The first-order valence-corrected chi connectivity index (χ1v) is 6.34. The van der Waals surface area contributed by atoms with Crippen molar-refractivity contribution in [3.63, 3.8) is 0 Å². The van der Waals surface area contributed by atoms with Gasteiger partial charge in [-0.2, -0.15) is 0 Å². The van der Waals surface area contributed by atoms with Crippen LogP contribution in [0.15, 0.2) is 0 Å². The van der Waals surface area contributed by atoms with Crippen molar-refractivity contribution in [3.8, 4) is 0 Å². The SMILES string of the molecule is CCCCCS(=O)(=O)NC(=O)OCC. The molecule has 84 valence electrons. The maximum Gasteiger partial charge on any atom is 0.420 e. The maximum atomic E-state index is 11.2. The normalized spacial score (nSPS) is 11.0. The highest BCUT2D eigenvalue weighted by molar-refractivity contribution is 7.90. The van der Waals surface area contributed by atoms with Crippen molar-refractivity contribution in [1.29, 1.82) is 0 Å². The molecule has 0 saturated carbocycles. The van der Waals surface area contributed by atoms with Gasteiger partial charge in [-0.25, -0.2) is 17.9 Å². The lowest BCUT2D eigenvalue weighted by molar-refractivity contribution is 0.158. The van der Waals surface area contributed by atoms with Crippen molar-refractivity contribution in [2.45, 2.75) is 33.1 Å². The number of hydrogen-bond acceptors (Lipinski definition) is 4. The van der Waals surface area contributed by atoms with Crippen molar-refractivity contribution in [3.05, 3.63) is 0 Å². The molecule has 0 aliphatic heterocycles. The minimum atomic E-state index is -3.50. The van der Waals surface area contributed by atoms with Gasteiger partial charge in [0.15, 0.2) is 0 Å². The average molecular weight is 223 g/mol. The summed E-state index contributed by atoms with van der Waals surface area (Å²) in [5, 5.41) is 0. The van der Waals surface area contributed by atoms with E-state index in [1.54, 1.807) is 6.92 Å². The zero-order valence-electron chi connectivity index (χ0n) is 8.58. The monoisotopic (exact) mass is 223 g/mol. The Balaban J connectivity index is 3.89. The van der Waals surface area contributed by atoms with Crippen LogP contribution >= 0.6 is 0 Å². The zero-order chi connectivity index (χ0) is 11.0. The molecule has 0 radical (unpaired) electrons. The van der Waals surface area contributed by atoms with E-state index in [0.717, 1.165) is 12.8 Å². The van der Waals surface area contributed by atoms with Crippen LogP contribution in [0.1, 0.15) is 33.1 Å². The van der Waals surface area contributed by atoms with Crippen LogP contribution in [0.4, 0.5) is 4.79 Å². The third-order valence-electron chi connectivity index (χ3n) is 1.53. The van der Waals surface area contributed by atoms with Crippen LogP contribution < -0.4 is 4.72 Å². The largest absolute Gasteiger partial charge is 0.449 e. The van der Waals surface area contributed by atoms with E-state index in [1.807, 2.05) is 11.6 Å². The molecule has 0 aromatic heterocycles. The predicted molar refractivity (Wildman–Crippen MR) is 53.5 cm³/mol. The van der Waals surface area contributed by atoms with Crippen molar-refractivity contribution in [2.75, 3.05) is 12.4 Å². The summed E-state index contributed by atoms with van der Waals surface area (Å²) in [7, 11) is -3.50. The van der Waals surface area contributed by atoms with Crippen molar-refractivity contribution in [1.82, 2.24) is 4.72 Å². The lowest BCUT2D eigenvalue weighted by atomic mass is 10.3. The summed E-state index contributed by atoms with van der Waals surface area (Å²) in [5.74, 6) is -0.0281. The Morgan fingerprint density at radius 3 is 2.43 bits per heavy atom. The first kappa shape index (κ1) is 13.2. The second kappa shape index (κ2) is 6.64. The quantitative estimate of drug-likeness (QED) is 0.688. The zero-order valence-corrected chi connectivity index (χ0v) is 9.39. The van der Waals surface area contributed by atoms with E-state index in [2.05, 4.69) is 4.74 Å². The third kappa shape index (κ3) is 6.71. The Morgan fingerprint density at radius 1 is 1.29 bits per heavy atom. The number of ether oxygens (including phenoxy) is 1. The van der Waals surface area contributed by atoms with Gasteiger partial charge in [-0.05, 0) is 13.3 Å². The molecule has 0 aromatic rings. The summed E-state index contributed by atoms with van der Waals surface area (Å²) < 4.78 is 28.6. The van der Waals surface area contributed by atoms with Crippen LogP contribution in [0.25, 0.3) is 0 Å². The minimum Gasteiger partial charge on any atom is -0.449 e. The lowest BCUT2D eigenvalue weighted by Gasteiger charge is -2.05. The number of carbonyl (C=O) groups is 1. The summed E-state index contributed by atoms with van der Waals surface area (Å²) in [6.07, 6.45) is 1.44. The average Bonchev–Trinajstić information content (AvgIpc) is 2.03. The lowest BCUT2D eigenvalue weighted by Crippen LogP contribution is -2.33. The highest BCUT2D eigenvalue weighted by atomic mass is 32.2. The Kier molecular flexibility index (Phi) is 6.27. The number of rotatable bonds is 6. The van der Waals surface area contributed by atoms with Gasteiger partial charge in [-0.15, -0.1) is 0 Å². The molecule has 5 nitrogen and oxygen atoms in total. The van der Waals surface area contributed by atoms with E-state index in [-0.39, 0.29) is 12.4 Å². The van der Waals surface area contributed by atoms with Gasteiger partial charge in [0.05, 0.1) is 12.4 Å².